The summed E-state index contributed by atoms with van der Waals surface area (Å²) < 4.78 is 0. The van der Waals surface area contributed by atoms with Crippen molar-refractivity contribution in [1.82, 2.24) is 14.8 Å². The minimum atomic E-state index is 0.0393. The summed E-state index contributed by atoms with van der Waals surface area (Å²) in [5, 5.41) is 0.773. The molecule has 3 heterocycles. The predicted molar refractivity (Wildman–Crippen MR) is 112 cm³/mol. The molecule has 6 nitrogen and oxygen atoms in total. The maximum Gasteiger partial charge on any atom is 0.257 e. The van der Waals surface area contributed by atoms with E-state index in [9.17, 15) is 4.79 Å². The van der Waals surface area contributed by atoms with Crippen LogP contribution in [0.15, 0.2) is 42.6 Å². The molecule has 2 N–H and O–H groups in total. The highest BCUT2D eigenvalue weighted by atomic mass is 35.5. The molecule has 1 atom stereocenters. The first kappa shape index (κ1) is 19.2. The number of hydrogen-bond donors (Lipinski definition) is 1. The van der Waals surface area contributed by atoms with E-state index < -0.39 is 0 Å². The zero-order valence-corrected chi connectivity index (χ0v) is 16.7. The van der Waals surface area contributed by atoms with Crippen molar-refractivity contribution < 1.29 is 4.79 Å². The number of aromatic nitrogens is 1. The number of likely N-dealkylation sites (tertiary alicyclic amines) is 1. The molecule has 0 bridgehead atoms. The molecule has 1 amide bonds. The Labute approximate surface area is 170 Å². The standard InChI is InChI=1S/C21H26ClN5O/c22-17-4-1-3-16(13-17)14-25-9-11-26(12-10-25)20-19(5-2-7-24-20)21(28)27-8-6-18(23)15-27/h1-5,7,13,18H,6,8-12,14-15,23H2/t18-/m0/s1. The van der Waals surface area contributed by atoms with Crippen LogP contribution in [0.5, 0.6) is 0 Å². The van der Waals surface area contributed by atoms with E-state index in [0.29, 0.717) is 12.1 Å². The number of carbonyl (C=O) groups is 1. The lowest BCUT2D eigenvalue weighted by Crippen LogP contribution is -2.47. The summed E-state index contributed by atoms with van der Waals surface area (Å²) in [7, 11) is 0. The monoisotopic (exact) mass is 399 g/mol. The average molecular weight is 400 g/mol. The number of hydrogen-bond acceptors (Lipinski definition) is 5. The molecule has 0 unspecified atom stereocenters. The molecule has 1 aromatic carbocycles. The summed E-state index contributed by atoms with van der Waals surface area (Å²) in [6.07, 6.45) is 2.63. The molecular weight excluding hydrogens is 374 g/mol. The highest BCUT2D eigenvalue weighted by Gasteiger charge is 2.28. The molecule has 2 aromatic rings. The van der Waals surface area contributed by atoms with E-state index in [0.717, 1.165) is 56.5 Å². The number of nitrogens with zero attached hydrogens (tertiary/aromatic N) is 4. The summed E-state index contributed by atoms with van der Waals surface area (Å²) in [4.78, 5) is 24.0. The second-order valence-corrected chi connectivity index (χ2v) is 8.00. The van der Waals surface area contributed by atoms with Gasteiger partial charge in [0.05, 0.1) is 5.56 Å². The van der Waals surface area contributed by atoms with Crippen molar-refractivity contribution in [3.05, 3.63) is 58.7 Å². The molecule has 2 saturated heterocycles. The van der Waals surface area contributed by atoms with Crippen molar-refractivity contribution in [2.24, 2.45) is 5.73 Å². The minimum absolute atomic E-state index is 0.0393. The second-order valence-electron chi connectivity index (χ2n) is 7.57. The van der Waals surface area contributed by atoms with Gasteiger partial charge in [-0.3, -0.25) is 9.69 Å². The van der Waals surface area contributed by atoms with Gasteiger partial charge >= 0.3 is 0 Å². The van der Waals surface area contributed by atoms with Crippen molar-refractivity contribution in [3.8, 4) is 0 Å². The summed E-state index contributed by atoms with van der Waals surface area (Å²) >= 11 is 6.10. The summed E-state index contributed by atoms with van der Waals surface area (Å²) in [6, 6.07) is 11.8. The fraction of sp³-hybridized carbons (Fsp3) is 0.429. The van der Waals surface area contributed by atoms with Crippen LogP contribution >= 0.6 is 11.6 Å². The van der Waals surface area contributed by atoms with Gasteiger partial charge in [-0.25, -0.2) is 4.98 Å². The van der Waals surface area contributed by atoms with Crippen LogP contribution < -0.4 is 10.6 Å². The maximum absolute atomic E-state index is 13.0. The average Bonchev–Trinajstić information content (AvgIpc) is 3.14. The highest BCUT2D eigenvalue weighted by molar-refractivity contribution is 6.30. The van der Waals surface area contributed by atoms with Gasteiger partial charge in [-0.2, -0.15) is 0 Å². The lowest BCUT2D eigenvalue weighted by atomic mass is 10.1. The minimum Gasteiger partial charge on any atom is -0.353 e. The van der Waals surface area contributed by atoms with Gasteiger partial charge in [0.15, 0.2) is 0 Å². The van der Waals surface area contributed by atoms with Crippen LogP contribution in [0.4, 0.5) is 5.82 Å². The van der Waals surface area contributed by atoms with Crippen molar-refractivity contribution in [2.75, 3.05) is 44.2 Å². The Bertz CT molecular complexity index is 837. The summed E-state index contributed by atoms with van der Waals surface area (Å²) in [5.74, 6) is 0.827. The second kappa shape index (κ2) is 8.47. The Kier molecular flexibility index (Phi) is 5.80. The Morgan fingerprint density at radius 2 is 1.96 bits per heavy atom. The Hall–Kier alpha value is -2.15. The lowest BCUT2D eigenvalue weighted by molar-refractivity contribution is 0.0791. The van der Waals surface area contributed by atoms with E-state index in [1.807, 2.05) is 35.2 Å². The molecule has 0 saturated carbocycles. The van der Waals surface area contributed by atoms with Crippen molar-refractivity contribution in [2.45, 2.75) is 19.0 Å². The van der Waals surface area contributed by atoms with E-state index in [-0.39, 0.29) is 11.9 Å². The molecule has 28 heavy (non-hydrogen) atoms. The zero-order valence-electron chi connectivity index (χ0n) is 15.9. The predicted octanol–water partition coefficient (Wildman–Crippen LogP) is 2.23. The number of piperazine rings is 1. The Balaban J connectivity index is 1.41. The maximum atomic E-state index is 13.0. The normalized spacial score (nSPS) is 20.6. The van der Waals surface area contributed by atoms with E-state index in [2.05, 4.69) is 20.9 Å². The molecule has 0 aliphatic carbocycles. The van der Waals surface area contributed by atoms with Gasteiger partial charge in [-0.15, -0.1) is 0 Å². The quantitative estimate of drug-likeness (QED) is 0.854. The smallest absolute Gasteiger partial charge is 0.257 e. The molecule has 4 rings (SSSR count). The van der Waals surface area contributed by atoms with E-state index in [1.54, 1.807) is 6.20 Å². The van der Waals surface area contributed by atoms with Crippen LogP contribution in [0.25, 0.3) is 0 Å². The lowest BCUT2D eigenvalue weighted by Gasteiger charge is -2.36. The summed E-state index contributed by atoms with van der Waals surface area (Å²) in [5.41, 5.74) is 7.88. The van der Waals surface area contributed by atoms with Gasteiger partial charge in [-0.1, -0.05) is 23.7 Å². The third-order valence-electron chi connectivity index (χ3n) is 5.50. The first-order chi connectivity index (χ1) is 13.6. The van der Waals surface area contributed by atoms with Gasteiger partial charge in [0.25, 0.3) is 5.91 Å². The number of amides is 1. The Morgan fingerprint density at radius 3 is 2.68 bits per heavy atom. The molecule has 2 aliphatic heterocycles. The van der Waals surface area contributed by atoms with Gasteiger partial charge in [0, 0.05) is 63.1 Å². The third-order valence-corrected chi connectivity index (χ3v) is 5.73. The van der Waals surface area contributed by atoms with E-state index in [4.69, 9.17) is 17.3 Å². The topological polar surface area (TPSA) is 65.7 Å². The van der Waals surface area contributed by atoms with Crippen molar-refractivity contribution >= 4 is 23.3 Å². The Morgan fingerprint density at radius 1 is 1.14 bits per heavy atom. The van der Waals surface area contributed by atoms with Gasteiger partial charge in [-0.05, 0) is 36.2 Å². The molecule has 2 fully saturated rings. The molecule has 0 radical (unpaired) electrons. The van der Waals surface area contributed by atoms with E-state index in [1.165, 1.54) is 5.56 Å². The van der Waals surface area contributed by atoms with Crippen LogP contribution in [0.1, 0.15) is 22.3 Å². The van der Waals surface area contributed by atoms with Crippen LogP contribution in [-0.4, -0.2) is 66.0 Å². The molecular formula is C21H26ClN5O. The first-order valence-corrected chi connectivity index (χ1v) is 10.2. The molecule has 148 valence electrons. The number of halogens is 1. The SMILES string of the molecule is N[C@H]1CCN(C(=O)c2cccnc2N2CCN(Cc3cccc(Cl)c3)CC2)C1. The molecule has 7 heteroatoms. The molecule has 1 aromatic heterocycles. The van der Waals surface area contributed by atoms with Gasteiger partial charge < -0.3 is 15.5 Å². The number of rotatable bonds is 4. The molecule has 0 spiro atoms. The number of benzene rings is 1. The van der Waals surface area contributed by atoms with Crippen molar-refractivity contribution in [3.63, 3.8) is 0 Å². The zero-order chi connectivity index (χ0) is 19.5. The van der Waals surface area contributed by atoms with Crippen LogP contribution in [0, 0.1) is 0 Å². The fourth-order valence-corrected chi connectivity index (χ4v) is 4.18. The molecule has 2 aliphatic rings. The van der Waals surface area contributed by atoms with Crippen LogP contribution in [0.3, 0.4) is 0 Å². The van der Waals surface area contributed by atoms with Crippen LogP contribution in [0.2, 0.25) is 5.02 Å². The largest absolute Gasteiger partial charge is 0.353 e. The van der Waals surface area contributed by atoms with Crippen LogP contribution in [-0.2, 0) is 6.54 Å². The highest BCUT2D eigenvalue weighted by Crippen LogP contribution is 2.23. The summed E-state index contributed by atoms with van der Waals surface area (Å²) in [6.45, 7) is 5.77. The first-order valence-electron chi connectivity index (χ1n) is 9.82. The van der Waals surface area contributed by atoms with Gasteiger partial charge in [0.1, 0.15) is 5.82 Å². The van der Waals surface area contributed by atoms with E-state index >= 15 is 0 Å². The number of nitrogens with two attached hydrogens (primary N) is 1. The van der Waals surface area contributed by atoms with Crippen molar-refractivity contribution in [1.29, 1.82) is 0 Å². The number of carbonyl (C=O) groups excluding carboxylic acids is 1. The van der Waals surface area contributed by atoms with Gasteiger partial charge in [0.2, 0.25) is 0 Å². The number of pyridine rings is 1. The third kappa shape index (κ3) is 4.29. The fourth-order valence-electron chi connectivity index (χ4n) is 3.97. The number of anilines is 1.